The highest BCUT2D eigenvalue weighted by molar-refractivity contribution is 7.15. The number of benzene rings is 2. The number of amides is 2. The Morgan fingerprint density at radius 2 is 1.77 bits per heavy atom. The zero-order valence-corrected chi connectivity index (χ0v) is 18.2. The van der Waals surface area contributed by atoms with Gasteiger partial charge in [-0.05, 0) is 31.0 Å². The Bertz CT molecular complexity index is 1210. The summed E-state index contributed by atoms with van der Waals surface area (Å²) in [7, 11) is 0. The Kier molecular flexibility index (Phi) is 6.08. The van der Waals surface area contributed by atoms with E-state index in [0.717, 1.165) is 22.6 Å². The maximum Gasteiger partial charge on any atom is 0.313 e. The van der Waals surface area contributed by atoms with Gasteiger partial charge in [0.25, 0.3) is 0 Å². The van der Waals surface area contributed by atoms with Crippen molar-refractivity contribution in [2.75, 3.05) is 11.9 Å². The smallest absolute Gasteiger partial charge is 0.313 e. The third-order valence-corrected chi connectivity index (χ3v) is 5.82. The van der Waals surface area contributed by atoms with Crippen molar-refractivity contribution in [2.24, 2.45) is 0 Å². The SMILES string of the molecule is CCc1ccc(NC(=O)C(=O)NCCc2csc3nc(-c4ccc(C)cc4)nn23)cc1. The van der Waals surface area contributed by atoms with Gasteiger partial charge in [-0.15, -0.1) is 16.4 Å². The molecule has 0 unspecified atom stereocenters. The van der Waals surface area contributed by atoms with Gasteiger partial charge in [-0.3, -0.25) is 9.59 Å². The lowest BCUT2D eigenvalue weighted by molar-refractivity contribution is -0.136. The van der Waals surface area contributed by atoms with Gasteiger partial charge >= 0.3 is 11.8 Å². The molecule has 31 heavy (non-hydrogen) atoms. The summed E-state index contributed by atoms with van der Waals surface area (Å²) in [5, 5.41) is 11.8. The highest BCUT2D eigenvalue weighted by atomic mass is 32.1. The second kappa shape index (κ2) is 9.09. The summed E-state index contributed by atoms with van der Waals surface area (Å²) in [6.07, 6.45) is 1.46. The molecule has 0 aliphatic heterocycles. The number of aromatic nitrogens is 3. The van der Waals surface area contributed by atoms with E-state index in [2.05, 4.69) is 27.6 Å². The first kappa shape index (κ1) is 20.7. The van der Waals surface area contributed by atoms with Crippen LogP contribution in [-0.4, -0.2) is 33.0 Å². The zero-order chi connectivity index (χ0) is 21.8. The summed E-state index contributed by atoms with van der Waals surface area (Å²) in [4.78, 5) is 29.6. The summed E-state index contributed by atoms with van der Waals surface area (Å²) < 4.78 is 1.79. The fraction of sp³-hybridized carbons (Fsp3) is 0.217. The van der Waals surface area contributed by atoms with Gasteiger partial charge in [0.15, 0.2) is 5.82 Å². The molecule has 0 fully saturated rings. The minimum Gasteiger partial charge on any atom is -0.347 e. The molecule has 158 valence electrons. The number of anilines is 1. The molecule has 0 bridgehead atoms. The van der Waals surface area contributed by atoms with E-state index in [1.165, 1.54) is 22.5 Å². The van der Waals surface area contributed by atoms with E-state index in [1.807, 2.05) is 48.7 Å². The normalized spacial score (nSPS) is 10.9. The van der Waals surface area contributed by atoms with Crippen molar-refractivity contribution >= 4 is 33.8 Å². The molecule has 7 nitrogen and oxygen atoms in total. The fourth-order valence-corrected chi connectivity index (χ4v) is 3.97. The van der Waals surface area contributed by atoms with Crippen LogP contribution in [0, 0.1) is 6.92 Å². The average molecular weight is 434 g/mol. The van der Waals surface area contributed by atoms with E-state index in [0.29, 0.717) is 24.5 Å². The lowest BCUT2D eigenvalue weighted by Crippen LogP contribution is -2.36. The highest BCUT2D eigenvalue weighted by Gasteiger charge is 2.15. The summed E-state index contributed by atoms with van der Waals surface area (Å²) in [5.41, 5.74) is 4.85. The van der Waals surface area contributed by atoms with Crippen LogP contribution in [-0.2, 0) is 22.4 Å². The first-order valence-corrected chi connectivity index (χ1v) is 11.0. The van der Waals surface area contributed by atoms with E-state index in [-0.39, 0.29) is 0 Å². The lowest BCUT2D eigenvalue weighted by atomic mass is 10.1. The van der Waals surface area contributed by atoms with Crippen LogP contribution in [0.3, 0.4) is 0 Å². The standard InChI is InChI=1S/C23H23N5O2S/c1-3-16-6-10-18(11-7-16)25-22(30)21(29)24-13-12-19-14-31-23-26-20(27-28(19)23)17-8-4-15(2)5-9-17/h4-11,14H,3,12-13H2,1-2H3,(H,24,29)(H,25,30). The molecule has 2 N–H and O–H groups in total. The first-order chi connectivity index (χ1) is 15.0. The number of carbonyl (C=O) groups excluding carboxylic acids is 2. The molecule has 0 radical (unpaired) electrons. The van der Waals surface area contributed by atoms with Crippen LogP contribution < -0.4 is 10.6 Å². The second-order valence-corrected chi connectivity index (χ2v) is 8.07. The first-order valence-electron chi connectivity index (χ1n) is 10.1. The van der Waals surface area contributed by atoms with Crippen molar-refractivity contribution in [1.29, 1.82) is 0 Å². The third kappa shape index (κ3) is 4.80. The van der Waals surface area contributed by atoms with Crippen LogP contribution in [0.2, 0.25) is 0 Å². The highest BCUT2D eigenvalue weighted by Crippen LogP contribution is 2.21. The van der Waals surface area contributed by atoms with Crippen LogP contribution in [0.4, 0.5) is 5.69 Å². The predicted octanol–water partition coefficient (Wildman–Crippen LogP) is 3.63. The quantitative estimate of drug-likeness (QED) is 0.455. The van der Waals surface area contributed by atoms with Crippen LogP contribution in [0.15, 0.2) is 53.9 Å². The molecule has 2 amide bonds. The molecule has 0 spiro atoms. The number of fused-ring (bicyclic) bond motifs is 1. The Morgan fingerprint density at radius 1 is 1.03 bits per heavy atom. The minimum absolute atomic E-state index is 0.326. The number of nitrogens with zero attached hydrogens (tertiary/aromatic N) is 3. The molecule has 0 aliphatic carbocycles. The van der Waals surface area contributed by atoms with E-state index in [4.69, 9.17) is 0 Å². The topological polar surface area (TPSA) is 88.4 Å². The summed E-state index contributed by atoms with van der Waals surface area (Å²) >= 11 is 1.50. The van der Waals surface area contributed by atoms with Crippen molar-refractivity contribution in [3.8, 4) is 11.4 Å². The number of hydrogen-bond donors (Lipinski definition) is 2. The molecule has 2 heterocycles. The molecule has 2 aromatic heterocycles. The van der Waals surface area contributed by atoms with Crippen molar-refractivity contribution in [2.45, 2.75) is 26.7 Å². The number of carbonyl (C=O) groups is 2. The van der Waals surface area contributed by atoms with E-state index < -0.39 is 11.8 Å². The van der Waals surface area contributed by atoms with Gasteiger partial charge in [0, 0.05) is 29.6 Å². The van der Waals surface area contributed by atoms with Crippen molar-refractivity contribution in [1.82, 2.24) is 19.9 Å². The van der Waals surface area contributed by atoms with Crippen molar-refractivity contribution in [3.63, 3.8) is 0 Å². The predicted molar refractivity (Wildman–Crippen MR) is 122 cm³/mol. The molecule has 2 aromatic carbocycles. The molecule has 4 aromatic rings. The maximum absolute atomic E-state index is 12.1. The van der Waals surface area contributed by atoms with Crippen LogP contribution in [0.5, 0.6) is 0 Å². The number of hydrogen-bond acceptors (Lipinski definition) is 5. The van der Waals surface area contributed by atoms with Gasteiger partial charge in [-0.1, -0.05) is 48.9 Å². The number of aryl methyl sites for hydroxylation is 2. The minimum atomic E-state index is -0.679. The number of nitrogens with one attached hydrogen (secondary N) is 2. The molecule has 0 aliphatic rings. The van der Waals surface area contributed by atoms with Gasteiger partial charge < -0.3 is 10.6 Å². The van der Waals surface area contributed by atoms with E-state index >= 15 is 0 Å². The van der Waals surface area contributed by atoms with Gasteiger partial charge in [0.1, 0.15) is 0 Å². The lowest BCUT2D eigenvalue weighted by Gasteiger charge is -2.07. The average Bonchev–Trinajstić information content (AvgIpc) is 3.36. The second-order valence-electron chi connectivity index (χ2n) is 7.23. The summed E-state index contributed by atoms with van der Waals surface area (Å²) in [6, 6.07) is 15.5. The molecule has 0 saturated heterocycles. The Labute approximate surface area is 184 Å². The van der Waals surface area contributed by atoms with E-state index in [1.54, 1.807) is 16.6 Å². The molecular formula is C23H23N5O2S. The van der Waals surface area contributed by atoms with E-state index in [9.17, 15) is 9.59 Å². The van der Waals surface area contributed by atoms with Crippen molar-refractivity contribution < 1.29 is 9.59 Å². The molecule has 8 heteroatoms. The zero-order valence-electron chi connectivity index (χ0n) is 17.4. The third-order valence-electron chi connectivity index (χ3n) is 4.95. The Hall–Kier alpha value is -3.52. The molecule has 4 rings (SSSR count). The van der Waals surface area contributed by atoms with Crippen LogP contribution in [0.1, 0.15) is 23.7 Å². The Balaban J connectivity index is 1.33. The largest absolute Gasteiger partial charge is 0.347 e. The summed E-state index contributed by atoms with van der Waals surface area (Å²) in [6.45, 7) is 4.43. The van der Waals surface area contributed by atoms with Gasteiger partial charge in [0.2, 0.25) is 4.96 Å². The van der Waals surface area contributed by atoms with Gasteiger partial charge in [-0.25, -0.2) is 4.52 Å². The number of thiazole rings is 1. The Morgan fingerprint density at radius 3 is 2.48 bits per heavy atom. The van der Waals surface area contributed by atoms with Gasteiger partial charge in [-0.2, -0.15) is 4.98 Å². The van der Waals surface area contributed by atoms with Crippen LogP contribution in [0.25, 0.3) is 16.3 Å². The monoisotopic (exact) mass is 433 g/mol. The van der Waals surface area contributed by atoms with Gasteiger partial charge in [0.05, 0.1) is 5.69 Å². The molecule has 0 saturated carbocycles. The van der Waals surface area contributed by atoms with Crippen molar-refractivity contribution in [3.05, 3.63) is 70.7 Å². The maximum atomic E-state index is 12.1. The molecular weight excluding hydrogens is 410 g/mol. The summed E-state index contributed by atoms with van der Waals surface area (Å²) in [5.74, 6) is -0.669. The fourth-order valence-electron chi connectivity index (χ4n) is 3.12. The van der Waals surface area contributed by atoms with Crippen LogP contribution >= 0.6 is 11.3 Å². The number of rotatable bonds is 6. The molecule has 0 atom stereocenters.